The van der Waals surface area contributed by atoms with Crippen molar-refractivity contribution < 1.29 is 9.47 Å². The molecule has 2 heterocycles. The molecule has 4 heteroatoms. The van der Waals surface area contributed by atoms with Gasteiger partial charge in [0.05, 0.1) is 0 Å². The van der Waals surface area contributed by atoms with Gasteiger partial charge in [0, 0.05) is 31.7 Å². The number of likely N-dealkylation sites (tertiary alicyclic amines) is 1. The molecule has 0 saturated carbocycles. The zero-order chi connectivity index (χ0) is 15.5. The summed E-state index contributed by atoms with van der Waals surface area (Å²) in [5, 5.41) is 3.52. The summed E-state index contributed by atoms with van der Waals surface area (Å²) in [5.74, 6) is 2.57. The van der Waals surface area contributed by atoms with E-state index in [9.17, 15) is 0 Å². The van der Waals surface area contributed by atoms with Crippen molar-refractivity contribution in [3.05, 3.63) is 54.6 Å². The summed E-state index contributed by atoms with van der Waals surface area (Å²) in [6.07, 6.45) is 1.30. The molecule has 0 unspecified atom stereocenters. The first-order chi connectivity index (χ1) is 11.4. The molecule has 23 heavy (non-hydrogen) atoms. The van der Waals surface area contributed by atoms with Crippen LogP contribution in [0.5, 0.6) is 17.2 Å². The number of para-hydroxylation sites is 1. The number of fused-ring (bicyclic) bond motifs is 2. The second-order valence-electron chi connectivity index (χ2n) is 6.22. The van der Waals surface area contributed by atoms with Gasteiger partial charge < -0.3 is 14.8 Å². The summed E-state index contributed by atoms with van der Waals surface area (Å²) in [7, 11) is 0. The highest BCUT2D eigenvalue weighted by atomic mass is 16.5. The molecule has 1 N–H and O–H groups in total. The maximum Gasteiger partial charge on any atom is 0.127 e. The first-order valence-corrected chi connectivity index (χ1v) is 8.30. The van der Waals surface area contributed by atoms with Gasteiger partial charge in [-0.1, -0.05) is 18.2 Å². The Kier molecular flexibility index (Phi) is 4.18. The Morgan fingerprint density at radius 2 is 1.70 bits per heavy atom. The van der Waals surface area contributed by atoms with Gasteiger partial charge in [-0.15, -0.1) is 0 Å². The molecule has 0 radical (unpaired) electrons. The Morgan fingerprint density at radius 3 is 2.39 bits per heavy atom. The molecular formula is C19H22N2O2. The molecule has 0 aromatic heterocycles. The third-order valence-electron chi connectivity index (χ3n) is 4.62. The smallest absolute Gasteiger partial charge is 0.127 e. The molecule has 120 valence electrons. The Labute approximate surface area is 137 Å². The van der Waals surface area contributed by atoms with Gasteiger partial charge in [-0.25, -0.2) is 0 Å². The Morgan fingerprint density at radius 1 is 0.957 bits per heavy atom. The summed E-state index contributed by atoms with van der Waals surface area (Å²) in [6, 6.07) is 19.1. The molecule has 2 aromatic carbocycles. The minimum Gasteiger partial charge on any atom is -0.492 e. The number of hydrogen-bond acceptors (Lipinski definition) is 4. The maximum atomic E-state index is 5.86. The topological polar surface area (TPSA) is 33.7 Å². The number of ether oxygens (including phenoxy) is 2. The standard InChI is InChI=1S/C19H22N2O2/c1-2-4-18(5-3-1)23-19-8-6-17(7-9-19)22-11-10-21-14-15-12-16(21)13-20-15/h1-9,15-16,20H,10-14H2/t15-,16-/m0/s1. The Hall–Kier alpha value is -2.04. The third kappa shape index (κ3) is 3.49. The fourth-order valence-corrected chi connectivity index (χ4v) is 3.43. The summed E-state index contributed by atoms with van der Waals surface area (Å²) in [4.78, 5) is 2.54. The van der Waals surface area contributed by atoms with Crippen LogP contribution in [0.3, 0.4) is 0 Å². The summed E-state index contributed by atoms with van der Waals surface area (Å²) in [5.41, 5.74) is 0. The molecule has 0 amide bonds. The zero-order valence-corrected chi connectivity index (χ0v) is 13.2. The average Bonchev–Trinajstić information content (AvgIpc) is 3.20. The van der Waals surface area contributed by atoms with Crippen molar-refractivity contribution in [3.63, 3.8) is 0 Å². The highest BCUT2D eigenvalue weighted by Crippen LogP contribution is 2.24. The van der Waals surface area contributed by atoms with Gasteiger partial charge in [0.2, 0.25) is 0 Å². The molecule has 4 rings (SSSR count). The molecule has 0 aliphatic carbocycles. The molecule has 2 atom stereocenters. The Bertz CT molecular complexity index is 630. The fraction of sp³-hybridized carbons (Fsp3) is 0.368. The van der Waals surface area contributed by atoms with Crippen LogP contribution in [0.1, 0.15) is 6.42 Å². The summed E-state index contributed by atoms with van der Waals surface area (Å²) < 4.78 is 11.6. The van der Waals surface area contributed by atoms with Gasteiger partial charge in [-0.2, -0.15) is 0 Å². The van der Waals surface area contributed by atoms with E-state index in [2.05, 4.69) is 10.2 Å². The van der Waals surface area contributed by atoms with Crippen molar-refractivity contribution in [3.8, 4) is 17.2 Å². The first-order valence-electron chi connectivity index (χ1n) is 8.30. The lowest BCUT2D eigenvalue weighted by molar-refractivity contribution is 0.180. The van der Waals surface area contributed by atoms with E-state index in [1.165, 1.54) is 6.42 Å². The van der Waals surface area contributed by atoms with Gasteiger partial charge in [-0.05, 0) is 42.8 Å². The second kappa shape index (κ2) is 6.60. The van der Waals surface area contributed by atoms with Crippen LogP contribution in [0.25, 0.3) is 0 Å². The van der Waals surface area contributed by atoms with Gasteiger partial charge in [0.15, 0.2) is 0 Å². The van der Waals surface area contributed by atoms with E-state index < -0.39 is 0 Å². The van der Waals surface area contributed by atoms with E-state index in [1.807, 2.05) is 54.6 Å². The minimum absolute atomic E-state index is 0.703. The summed E-state index contributed by atoms with van der Waals surface area (Å²) in [6.45, 7) is 4.04. The van der Waals surface area contributed by atoms with E-state index in [1.54, 1.807) is 0 Å². The van der Waals surface area contributed by atoms with Gasteiger partial charge in [0.1, 0.15) is 23.9 Å². The number of hydrogen-bond donors (Lipinski definition) is 1. The molecule has 4 nitrogen and oxygen atoms in total. The van der Waals surface area contributed by atoms with Crippen LogP contribution in [0.4, 0.5) is 0 Å². The molecule has 2 bridgehead atoms. The predicted octanol–water partition coefficient (Wildman–Crippen LogP) is 2.90. The monoisotopic (exact) mass is 310 g/mol. The van der Waals surface area contributed by atoms with Crippen LogP contribution >= 0.6 is 0 Å². The average molecular weight is 310 g/mol. The minimum atomic E-state index is 0.703. The lowest BCUT2D eigenvalue weighted by atomic mass is 10.2. The number of piperazine rings is 1. The van der Waals surface area contributed by atoms with Crippen LogP contribution in [0, 0.1) is 0 Å². The van der Waals surface area contributed by atoms with Crippen molar-refractivity contribution in [1.82, 2.24) is 10.2 Å². The van der Waals surface area contributed by atoms with Gasteiger partial charge >= 0.3 is 0 Å². The van der Waals surface area contributed by atoms with Crippen LogP contribution in [-0.2, 0) is 0 Å². The van der Waals surface area contributed by atoms with Crippen LogP contribution in [0.15, 0.2) is 54.6 Å². The maximum absolute atomic E-state index is 5.86. The number of nitrogens with zero attached hydrogens (tertiary/aromatic N) is 1. The first kappa shape index (κ1) is 14.5. The number of nitrogens with one attached hydrogen (secondary N) is 1. The van der Waals surface area contributed by atoms with E-state index in [0.717, 1.165) is 43.5 Å². The highest BCUT2D eigenvalue weighted by Gasteiger charge is 2.36. The predicted molar refractivity (Wildman–Crippen MR) is 90.2 cm³/mol. The quantitative estimate of drug-likeness (QED) is 0.889. The molecule has 2 aliphatic heterocycles. The molecule has 2 saturated heterocycles. The second-order valence-corrected chi connectivity index (χ2v) is 6.22. The van der Waals surface area contributed by atoms with Crippen molar-refractivity contribution in [1.29, 1.82) is 0 Å². The summed E-state index contributed by atoms with van der Waals surface area (Å²) >= 11 is 0. The van der Waals surface area contributed by atoms with E-state index in [0.29, 0.717) is 12.1 Å². The molecule has 0 spiro atoms. The van der Waals surface area contributed by atoms with E-state index in [4.69, 9.17) is 9.47 Å². The van der Waals surface area contributed by atoms with Crippen molar-refractivity contribution >= 4 is 0 Å². The molecular weight excluding hydrogens is 288 g/mol. The van der Waals surface area contributed by atoms with Crippen LogP contribution < -0.4 is 14.8 Å². The lowest BCUT2D eigenvalue weighted by Gasteiger charge is -2.26. The third-order valence-corrected chi connectivity index (χ3v) is 4.62. The van der Waals surface area contributed by atoms with E-state index in [-0.39, 0.29) is 0 Å². The molecule has 2 aliphatic rings. The van der Waals surface area contributed by atoms with Crippen molar-refractivity contribution in [2.24, 2.45) is 0 Å². The Balaban J connectivity index is 1.25. The highest BCUT2D eigenvalue weighted by molar-refractivity contribution is 5.35. The SMILES string of the molecule is c1ccc(Oc2ccc(OCCN3C[C@@H]4C[C@H]3CN4)cc2)cc1. The van der Waals surface area contributed by atoms with Crippen LogP contribution in [-0.4, -0.2) is 43.2 Å². The molecule has 2 fully saturated rings. The molecule has 2 aromatic rings. The largest absolute Gasteiger partial charge is 0.492 e. The number of benzene rings is 2. The van der Waals surface area contributed by atoms with E-state index >= 15 is 0 Å². The lowest BCUT2D eigenvalue weighted by Crippen LogP contribution is -2.45. The fourth-order valence-electron chi connectivity index (χ4n) is 3.43. The normalized spacial score (nSPS) is 23.1. The van der Waals surface area contributed by atoms with Crippen LogP contribution in [0.2, 0.25) is 0 Å². The number of rotatable bonds is 6. The van der Waals surface area contributed by atoms with Gasteiger partial charge in [-0.3, -0.25) is 4.90 Å². The van der Waals surface area contributed by atoms with Crippen molar-refractivity contribution in [2.75, 3.05) is 26.2 Å². The zero-order valence-electron chi connectivity index (χ0n) is 13.2. The van der Waals surface area contributed by atoms with Gasteiger partial charge in [0.25, 0.3) is 0 Å². The van der Waals surface area contributed by atoms with Crippen molar-refractivity contribution in [2.45, 2.75) is 18.5 Å².